The number of amides is 1. The van der Waals surface area contributed by atoms with Gasteiger partial charge in [-0.05, 0) is 22.6 Å². The molecule has 1 N–H and O–H groups in total. The lowest BCUT2D eigenvalue weighted by Crippen LogP contribution is -2.14. The number of hydrogen-bond donors (Lipinski definition) is 1. The Balaban J connectivity index is 2.18. The zero-order chi connectivity index (χ0) is 10.8. The third-order valence-electron chi connectivity index (χ3n) is 1.68. The highest BCUT2D eigenvalue weighted by atomic mass is 127. The first-order valence-electron chi connectivity index (χ1n) is 4.07. The molecule has 0 saturated carbocycles. The summed E-state index contributed by atoms with van der Waals surface area (Å²) in [5, 5.41) is 10.2. The van der Waals surface area contributed by atoms with E-state index in [0.717, 1.165) is 3.57 Å². The third-order valence-corrected chi connectivity index (χ3v) is 2.47. The molecular weight excluding hydrogens is 311 g/mol. The van der Waals surface area contributed by atoms with Crippen molar-refractivity contribution in [3.63, 3.8) is 0 Å². The number of halogens is 1. The van der Waals surface area contributed by atoms with E-state index in [9.17, 15) is 4.79 Å². The molecule has 0 spiro atoms. The van der Waals surface area contributed by atoms with E-state index in [1.54, 1.807) is 24.0 Å². The van der Waals surface area contributed by atoms with Crippen LogP contribution in [0.3, 0.4) is 0 Å². The van der Waals surface area contributed by atoms with Gasteiger partial charge in [0.25, 0.3) is 5.91 Å². The zero-order valence-electron chi connectivity index (χ0n) is 7.77. The van der Waals surface area contributed by atoms with Gasteiger partial charge in [-0.25, -0.2) is 0 Å². The number of nitrogens with one attached hydrogen (secondary N) is 1. The minimum atomic E-state index is -0.297. The Labute approximate surface area is 98.8 Å². The summed E-state index contributed by atoms with van der Waals surface area (Å²) in [6.07, 6.45) is 3.15. The molecule has 2 aromatic heterocycles. The van der Waals surface area contributed by atoms with Crippen LogP contribution in [-0.4, -0.2) is 20.8 Å². The van der Waals surface area contributed by atoms with Crippen molar-refractivity contribution in [3.05, 3.63) is 27.8 Å². The summed E-state index contributed by atoms with van der Waals surface area (Å²) in [5.74, 6) is 0.0790. The molecule has 15 heavy (non-hydrogen) atoms. The number of carbonyl (C=O) groups is 1. The summed E-state index contributed by atoms with van der Waals surface area (Å²) in [7, 11) is 1.76. The lowest BCUT2D eigenvalue weighted by molar-refractivity contribution is 0.102. The molecule has 0 aromatic carbocycles. The largest absolute Gasteiger partial charge is 0.363 e. The molecule has 0 saturated heterocycles. The molecular formula is C8H7IN4O2. The summed E-state index contributed by atoms with van der Waals surface area (Å²) >= 11 is 2.05. The SMILES string of the molecule is Cn1cc(I)c(C(=O)Nc2ccon2)n1. The molecule has 0 aliphatic rings. The molecule has 0 aliphatic heterocycles. The topological polar surface area (TPSA) is 73.0 Å². The smallest absolute Gasteiger partial charge is 0.278 e. The van der Waals surface area contributed by atoms with E-state index >= 15 is 0 Å². The number of rotatable bonds is 2. The highest BCUT2D eigenvalue weighted by Gasteiger charge is 2.15. The predicted octanol–water partition coefficient (Wildman–Crippen LogP) is 1.26. The molecule has 7 heteroatoms. The Morgan fingerprint density at radius 3 is 3.00 bits per heavy atom. The van der Waals surface area contributed by atoms with E-state index in [4.69, 9.17) is 0 Å². The van der Waals surface area contributed by atoms with Gasteiger partial charge in [0.15, 0.2) is 11.5 Å². The summed E-state index contributed by atoms with van der Waals surface area (Å²) in [6.45, 7) is 0. The molecule has 0 bridgehead atoms. The lowest BCUT2D eigenvalue weighted by atomic mass is 10.4. The van der Waals surface area contributed by atoms with E-state index in [0.29, 0.717) is 11.5 Å². The quantitative estimate of drug-likeness (QED) is 0.846. The zero-order valence-corrected chi connectivity index (χ0v) is 9.93. The van der Waals surface area contributed by atoms with E-state index < -0.39 is 0 Å². The second kappa shape index (κ2) is 4.01. The van der Waals surface area contributed by atoms with Gasteiger partial charge in [-0.3, -0.25) is 9.48 Å². The maximum absolute atomic E-state index is 11.7. The first-order chi connectivity index (χ1) is 7.16. The van der Waals surface area contributed by atoms with Crippen molar-refractivity contribution in [1.29, 1.82) is 0 Å². The van der Waals surface area contributed by atoms with Crippen LogP contribution in [0.25, 0.3) is 0 Å². The van der Waals surface area contributed by atoms with Crippen LogP contribution in [0, 0.1) is 3.57 Å². The van der Waals surface area contributed by atoms with E-state index in [-0.39, 0.29) is 5.91 Å². The molecule has 0 aliphatic carbocycles. The summed E-state index contributed by atoms with van der Waals surface area (Å²) in [4.78, 5) is 11.7. The number of anilines is 1. The molecule has 0 unspecified atom stereocenters. The fourth-order valence-corrected chi connectivity index (χ4v) is 1.82. The molecule has 78 valence electrons. The Bertz CT molecular complexity index is 477. The summed E-state index contributed by atoms with van der Waals surface area (Å²) < 4.78 is 6.97. The fraction of sp³-hybridized carbons (Fsp3) is 0.125. The van der Waals surface area contributed by atoms with Crippen LogP contribution in [0.5, 0.6) is 0 Å². The van der Waals surface area contributed by atoms with Crippen molar-refractivity contribution in [2.45, 2.75) is 0 Å². The van der Waals surface area contributed by atoms with Gasteiger partial charge in [0, 0.05) is 19.3 Å². The average Bonchev–Trinajstić information content (AvgIpc) is 2.75. The number of aromatic nitrogens is 3. The number of carbonyl (C=O) groups excluding carboxylic acids is 1. The average molecular weight is 318 g/mol. The van der Waals surface area contributed by atoms with Crippen molar-refractivity contribution in [1.82, 2.24) is 14.9 Å². The van der Waals surface area contributed by atoms with Crippen LogP contribution < -0.4 is 5.32 Å². The third kappa shape index (κ3) is 2.17. The van der Waals surface area contributed by atoms with E-state index in [1.165, 1.54) is 6.26 Å². The van der Waals surface area contributed by atoms with E-state index in [1.807, 2.05) is 22.6 Å². The Kier molecular flexibility index (Phi) is 2.71. The van der Waals surface area contributed by atoms with Gasteiger partial charge in [0.2, 0.25) is 0 Å². The van der Waals surface area contributed by atoms with Gasteiger partial charge in [0.1, 0.15) is 6.26 Å². The summed E-state index contributed by atoms with van der Waals surface area (Å²) in [6, 6.07) is 1.56. The van der Waals surface area contributed by atoms with Gasteiger partial charge in [-0.1, -0.05) is 5.16 Å². The number of hydrogen-bond acceptors (Lipinski definition) is 4. The van der Waals surface area contributed by atoms with Crippen LogP contribution in [-0.2, 0) is 7.05 Å². The van der Waals surface area contributed by atoms with Gasteiger partial charge >= 0.3 is 0 Å². The van der Waals surface area contributed by atoms with Gasteiger partial charge in [-0.2, -0.15) is 5.10 Å². The van der Waals surface area contributed by atoms with Crippen molar-refractivity contribution < 1.29 is 9.32 Å². The van der Waals surface area contributed by atoms with Gasteiger partial charge in [-0.15, -0.1) is 0 Å². The maximum atomic E-state index is 11.7. The van der Waals surface area contributed by atoms with E-state index in [2.05, 4.69) is 20.1 Å². The maximum Gasteiger partial charge on any atom is 0.278 e. The molecule has 2 heterocycles. The first kappa shape index (κ1) is 10.1. The molecule has 0 fully saturated rings. The summed E-state index contributed by atoms with van der Waals surface area (Å²) in [5.41, 5.74) is 0.376. The van der Waals surface area contributed by atoms with Crippen molar-refractivity contribution in [2.75, 3.05) is 5.32 Å². The highest BCUT2D eigenvalue weighted by molar-refractivity contribution is 14.1. The van der Waals surface area contributed by atoms with Crippen LogP contribution in [0.1, 0.15) is 10.5 Å². The van der Waals surface area contributed by atoms with Crippen molar-refractivity contribution in [2.24, 2.45) is 7.05 Å². The molecule has 2 aromatic rings. The van der Waals surface area contributed by atoms with Gasteiger partial charge in [0.05, 0.1) is 3.57 Å². The van der Waals surface area contributed by atoms with Crippen LogP contribution in [0.2, 0.25) is 0 Å². The Morgan fingerprint density at radius 1 is 1.67 bits per heavy atom. The molecule has 0 atom stereocenters. The second-order valence-electron chi connectivity index (χ2n) is 2.84. The van der Waals surface area contributed by atoms with Crippen molar-refractivity contribution in [3.8, 4) is 0 Å². The Hall–Kier alpha value is -1.38. The number of aryl methyl sites for hydroxylation is 1. The van der Waals surface area contributed by atoms with Gasteiger partial charge < -0.3 is 9.84 Å². The fourth-order valence-electron chi connectivity index (χ4n) is 1.07. The Morgan fingerprint density at radius 2 is 2.47 bits per heavy atom. The lowest BCUT2D eigenvalue weighted by Gasteiger charge is -1.97. The number of nitrogens with zero attached hydrogens (tertiary/aromatic N) is 3. The first-order valence-corrected chi connectivity index (χ1v) is 5.15. The molecule has 6 nitrogen and oxygen atoms in total. The molecule has 2 rings (SSSR count). The van der Waals surface area contributed by atoms with Crippen molar-refractivity contribution >= 4 is 34.3 Å². The van der Waals surface area contributed by atoms with Crippen LogP contribution in [0.4, 0.5) is 5.82 Å². The molecule has 0 radical (unpaired) electrons. The normalized spacial score (nSPS) is 10.3. The second-order valence-corrected chi connectivity index (χ2v) is 4.00. The minimum absolute atomic E-state index is 0.297. The highest BCUT2D eigenvalue weighted by Crippen LogP contribution is 2.11. The standard InChI is InChI=1S/C8H7IN4O2/c1-13-4-5(9)7(11-13)8(14)10-6-2-3-15-12-6/h2-4H,1H3,(H,10,12,14). The van der Waals surface area contributed by atoms with Crippen LogP contribution >= 0.6 is 22.6 Å². The predicted molar refractivity (Wildman–Crippen MR) is 60.4 cm³/mol. The molecule has 1 amide bonds. The minimum Gasteiger partial charge on any atom is -0.363 e. The monoisotopic (exact) mass is 318 g/mol. The van der Waals surface area contributed by atoms with Crippen LogP contribution in [0.15, 0.2) is 23.0 Å².